The lowest BCUT2D eigenvalue weighted by Gasteiger charge is -2.21. The quantitative estimate of drug-likeness (QED) is 0.642. The number of hydrogen-bond donors (Lipinski definition) is 2. The summed E-state index contributed by atoms with van der Waals surface area (Å²) in [6.45, 7) is 5.96. The molecule has 0 radical (unpaired) electrons. The molecule has 0 saturated carbocycles. The van der Waals surface area contributed by atoms with Gasteiger partial charge in [-0.3, -0.25) is 9.59 Å². The molecule has 7 nitrogen and oxygen atoms in total. The Hall–Kier alpha value is -3.22. The molecule has 7 heteroatoms. The van der Waals surface area contributed by atoms with Gasteiger partial charge in [-0.2, -0.15) is 0 Å². The highest BCUT2D eigenvalue weighted by molar-refractivity contribution is 5.94. The van der Waals surface area contributed by atoms with E-state index in [1.54, 1.807) is 32.4 Å². The SMILES string of the molecule is CCN(CC)c1ccc(NC(=O)CNC(=O)Cc2ccc(OC)c(OC)c2)cc1. The second-order valence-electron chi connectivity index (χ2n) is 6.41. The molecule has 2 rings (SSSR count). The average molecular weight is 399 g/mol. The van der Waals surface area contributed by atoms with Crippen molar-refractivity contribution in [2.75, 3.05) is 44.1 Å². The third-order valence-electron chi connectivity index (χ3n) is 4.54. The summed E-state index contributed by atoms with van der Waals surface area (Å²) in [4.78, 5) is 26.5. The lowest BCUT2D eigenvalue weighted by atomic mass is 10.1. The Labute approximate surface area is 172 Å². The molecule has 2 aromatic carbocycles. The minimum absolute atomic E-state index is 0.0933. The predicted molar refractivity (Wildman–Crippen MR) is 115 cm³/mol. The Balaban J connectivity index is 1.83. The van der Waals surface area contributed by atoms with Crippen molar-refractivity contribution in [3.8, 4) is 11.5 Å². The molecule has 0 fully saturated rings. The first-order valence-electron chi connectivity index (χ1n) is 9.63. The first-order valence-corrected chi connectivity index (χ1v) is 9.63. The van der Waals surface area contributed by atoms with Gasteiger partial charge in [0.25, 0.3) is 0 Å². The summed E-state index contributed by atoms with van der Waals surface area (Å²) in [5.41, 5.74) is 2.57. The summed E-state index contributed by atoms with van der Waals surface area (Å²) in [5.74, 6) is 0.636. The van der Waals surface area contributed by atoms with Crippen LogP contribution in [0.5, 0.6) is 11.5 Å². The summed E-state index contributed by atoms with van der Waals surface area (Å²) in [7, 11) is 3.10. The molecule has 2 aromatic rings. The van der Waals surface area contributed by atoms with E-state index in [1.807, 2.05) is 24.3 Å². The average Bonchev–Trinajstić information content (AvgIpc) is 2.74. The van der Waals surface area contributed by atoms with Crippen LogP contribution in [0.25, 0.3) is 0 Å². The second kappa shape index (κ2) is 10.9. The van der Waals surface area contributed by atoms with Crippen molar-refractivity contribution in [2.24, 2.45) is 0 Å². The number of carbonyl (C=O) groups is 2. The minimum Gasteiger partial charge on any atom is -0.493 e. The zero-order valence-corrected chi connectivity index (χ0v) is 17.5. The van der Waals surface area contributed by atoms with E-state index in [0.717, 1.165) is 24.3 Å². The van der Waals surface area contributed by atoms with Gasteiger partial charge < -0.3 is 25.0 Å². The summed E-state index contributed by atoms with van der Waals surface area (Å²) < 4.78 is 10.4. The monoisotopic (exact) mass is 399 g/mol. The highest BCUT2D eigenvalue weighted by Crippen LogP contribution is 2.27. The van der Waals surface area contributed by atoms with E-state index >= 15 is 0 Å². The summed E-state index contributed by atoms with van der Waals surface area (Å²) in [5, 5.41) is 5.42. The molecule has 0 atom stereocenters. The predicted octanol–water partition coefficient (Wildman–Crippen LogP) is 2.85. The number of amides is 2. The van der Waals surface area contributed by atoms with E-state index in [4.69, 9.17) is 9.47 Å². The highest BCUT2D eigenvalue weighted by Gasteiger charge is 2.10. The molecule has 0 unspecified atom stereocenters. The summed E-state index contributed by atoms with van der Waals surface area (Å²) in [6.07, 6.45) is 0.145. The molecule has 2 N–H and O–H groups in total. The molecule has 2 amide bonds. The molecule has 0 aliphatic heterocycles. The molecule has 0 aliphatic rings. The van der Waals surface area contributed by atoms with Gasteiger partial charge in [0.15, 0.2) is 11.5 Å². The Morgan fingerprint density at radius 3 is 2.14 bits per heavy atom. The number of ether oxygens (including phenoxy) is 2. The minimum atomic E-state index is -0.277. The van der Waals surface area contributed by atoms with Gasteiger partial charge in [0.1, 0.15) is 0 Å². The second-order valence-corrected chi connectivity index (χ2v) is 6.41. The molecular weight excluding hydrogens is 370 g/mol. The van der Waals surface area contributed by atoms with E-state index in [0.29, 0.717) is 17.2 Å². The number of methoxy groups -OCH3 is 2. The maximum Gasteiger partial charge on any atom is 0.243 e. The van der Waals surface area contributed by atoms with E-state index in [2.05, 4.69) is 29.4 Å². The van der Waals surface area contributed by atoms with Gasteiger partial charge in [0, 0.05) is 24.5 Å². The van der Waals surface area contributed by atoms with Crippen LogP contribution in [0.1, 0.15) is 19.4 Å². The normalized spacial score (nSPS) is 10.2. The molecule has 0 bridgehead atoms. The zero-order valence-electron chi connectivity index (χ0n) is 17.5. The number of carbonyl (C=O) groups excluding carboxylic acids is 2. The van der Waals surface area contributed by atoms with Crippen LogP contribution in [-0.2, 0) is 16.0 Å². The number of anilines is 2. The first-order chi connectivity index (χ1) is 14.0. The lowest BCUT2D eigenvalue weighted by Crippen LogP contribution is -2.33. The molecule has 0 aliphatic carbocycles. The maximum absolute atomic E-state index is 12.1. The fourth-order valence-electron chi connectivity index (χ4n) is 2.97. The fraction of sp³-hybridized carbons (Fsp3) is 0.364. The lowest BCUT2D eigenvalue weighted by molar-refractivity contribution is -0.123. The van der Waals surface area contributed by atoms with Crippen LogP contribution < -0.4 is 25.0 Å². The van der Waals surface area contributed by atoms with Crippen molar-refractivity contribution in [3.63, 3.8) is 0 Å². The van der Waals surface area contributed by atoms with Gasteiger partial charge in [-0.25, -0.2) is 0 Å². The Kier molecular flexibility index (Phi) is 8.33. The van der Waals surface area contributed by atoms with Crippen LogP contribution in [0.4, 0.5) is 11.4 Å². The van der Waals surface area contributed by atoms with Crippen molar-refractivity contribution in [1.82, 2.24) is 5.32 Å². The van der Waals surface area contributed by atoms with Gasteiger partial charge >= 0.3 is 0 Å². The highest BCUT2D eigenvalue weighted by atomic mass is 16.5. The van der Waals surface area contributed by atoms with Crippen molar-refractivity contribution >= 4 is 23.2 Å². The molecule has 156 valence electrons. The van der Waals surface area contributed by atoms with Crippen LogP contribution in [0.3, 0.4) is 0 Å². The third-order valence-corrected chi connectivity index (χ3v) is 4.54. The first kappa shape index (κ1) is 22.1. The van der Waals surface area contributed by atoms with Gasteiger partial charge in [-0.1, -0.05) is 6.07 Å². The Morgan fingerprint density at radius 2 is 1.55 bits per heavy atom. The molecule has 0 spiro atoms. The maximum atomic E-state index is 12.1. The van der Waals surface area contributed by atoms with Crippen LogP contribution in [0.15, 0.2) is 42.5 Å². The number of hydrogen-bond acceptors (Lipinski definition) is 5. The molecule has 0 heterocycles. The Bertz CT molecular complexity index is 817. The number of nitrogens with zero attached hydrogens (tertiary/aromatic N) is 1. The van der Waals surface area contributed by atoms with Crippen LogP contribution >= 0.6 is 0 Å². The van der Waals surface area contributed by atoms with Crippen LogP contribution in [-0.4, -0.2) is 45.7 Å². The number of nitrogens with one attached hydrogen (secondary N) is 2. The van der Waals surface area contributed by atoms with Gasteiger partial charge in [0.2, 0.25) is 11.8 Å². The number of benzene rings is 2. The number of rotatable bonds is 10. The van der Waals surface area contributed by atoms with Crippen molar-refractivity contribution in [3.05, 3.63) is 48.0 Å². The fourth-order valence-corrected chi connectivity index (χ4v) is 2.97. The van der Waals surface area contributed by atoms with Gasteiger partial charge in [-0.05, 0) is 55.8 Å². The van der Waals surface area contributed by atoms with Crippen molar-refractivity contribution < 1.29 is 19.1 Å². The van der Waals surface area contributed by atoms with E-state index in [9.17, 15) is 9.59 Å². The third kappa shape index (κ3) is 6.41. The topological polar surface area (TPSA) is 79.9 Å². The largest absolute Gasteiger partial charge is 0.493 e. The summed E-state index contributed by atoms with van der Waals surface area (Å²) >= 11 is 0. The van der Waals surface area contributed by atoms with Crippen LogP contribution in [0, 0.1) is 0 Å². The smallest absolute Gasteiger partial charge is 0.243 e. The standard InChI is InChI=1S/C22H29N3O4/c1-5-25(6-2)18-10-8-17(9-11-18)24-22(27)15-23-21(26)14-16-7-12-19(28-3)20(13-16)29-4/h7-13H,5-6,14-15H2,1-4H3,(H,23,26)(H,24,27). The van der Waals surface area contributed by atoms with E-state index in [1.165, 1.54) is 0 Å². The zero-order chi connectivity index (χ0) is 21.2. The van der Waals surface area contributed by atoms with E-state index in [-0.39, 0.29) is 24.8 Å². The van der Waals surface area contributed by atoms with E-state index < -0.39 is 0 Å². The molecule has 0 aromatic heterocycles. The molecule has 29 heavy (non-hydrogen) atoms. The van der Waals surface area contributed by atoms with Crippen molar-refractivity contribution in [2.45, 2.75) is 20.3 Å². The molecular formula is C22H29N3O4. The van der Waals surface area contributed by atoms with Gasteiger partial charge in [0.05, 0.1) is 27.2 Å². The van der Waals surface area contributed by atoms with Crippen molar-refractivity contribution in [1.29, 1.82) is 0 Å². The van der Waals surface area contributed by atoms with Gasteiger partial charge in [-0.15, -0.1) is 0 Å². The molecule has 0 saturated heterocycles. The Morgan fingerprint density at radius 1 is 0.897 bits per heavy atom. The summed E-state index contributed by atoms with van der Waals surface area (Å²) in [6, 6.07) is 12.9. The van der Waals surface area contributed by atoms with Crippen LogP contribution in [0.2, 0.25) is 0 Å².